The number of benzene rings is 1. The zero-order valence-electron chi connectivity index (χ0n) is 17.7. The van der Waals surface area contributed by atoms with Crippen molar-refractivity contribution in [2.24, 2.45) is 30.4 Å². The largest absolute Gasteiger partial charge is 0.390 e. The Kier molecular flexibility index (Phi) is 10.5. The Morgan fingerprint density at radius 3 is 2.57 bits per heavy atom. The number of fused-ring (bicyclic) bond motifs is 1. The monoisotopic (exact) mass is 411 g/mol. The van der Waals surface area contributed by atoms with Crippen molar-refractivity contribution in [2.75, 3.05) is 20.3 Å². The number of aliphatic hydroxyl groups excluding tert-OH is 1. The Hall–Kier alpha value is -1.11. The summed E-state index contributed by atoms with van der Waals surface area (Å²) in [6.07, 6.45) is 5.40. The van der Waals surface area contributed by atoms with Gasteiger partial charge in [-0.25, -0.2) is 0 Å². The molecule has 0 aliphatic rings. The summed E-state index contributed by atoms with van der Waals surface area (Å²) in [6, 6.07) is 6.50. The van der Waals surface area contributed by atoms with Crippen LogP contribution in [0, 0.1) is 11.8 Å². The van der Waals surface area contributed by atoms with Gasteiger partial charge in [0.05, 0.1) is 6.10 Å². The molecule has 160 valence electrons. The molecule has 0 fully saturated rings. The number of halogens is 1. The van der Waals surface area contributed by atoms with E-state index in [4.69, 9.17) is 16.2 Å². The van der Waals surface area contributed by atoms with Crippen LogP contribution in [0.5, 0.6) is 0 Å². The summed E-state index contributed by atoms with van der Waals surface area (Å²) in [7, 11) is 3.85. The molecule has 1 aromatic carbocycles. The second-order valence-electron chi connectivity index (χ2n) is 8.12. The van der Waals surface area contributed by atoms with Gasteiger partial charge < -0.3 is 25.9 Å². The second-order valence-corrected chi connectivity index (χ2v) is 8.12. The van der Waals surface area contributed by atoms with Crippen molar-refractivity contribution >= 4 is 23.3 Å². The molecule has 6 heteroatoms. The summed E-state index contributed by atoms with van der Waals surface area (Å²) >= 11 is 0. The highest BCUT2D eigenvalue weighted by Crippen LogP contribution is 2.27. The van der Waals surface area contributed by atoms with E-state index >= 15 is 0 Å². The number of nitrogens with two attached hydrogens (primary N) is 2. The summed E-state index contributed by atoms with van der Waals surface area (Å²) in [5.74, 6) is 0.910. The van der Waals surface area contributed by atoms with E-state index in [0.717, 1.165) is 32.3 Å². The number of nitrogens with zero attached hydrogens (tertiary/aromatic N) is 1. The molecule has 0 spiro atoms. The molecule has 0 aliphatic carbocycles. The molecule has 5 nitrogen and oxygen atoms in total. The van der Waals surface area contributed by atoms with Gasteiger partial charge in [-0.05, 0) is 60.8 Å². The molecular weight excluding hydrogens is 374 g/mol. The van der Waals surface area contributed by atoms with Crippen molar-refractivity contribution in [3.8, 4) is 0 Å². The zero-order chi connectivity index (χ0) is 20.0. The molecule has 0 amide bonds. The fraction of sp³-hybridized carbons (Fsp3) is 0.636. The molecule has 1 heterocycles. The molecule has 1 aromatic heterocycles. The molecule has 0 saturated carbocycles. The number of aliphatic hydroxyl groups is 1. The van der Waals surface area contributed by atoms with Crippen molar-refractivity contribution < 1.29 is 9.84 Å². The maximum absolute atomic E-state index is 9.94. The predicted molar refractivity (Wildman–Crippen MR) is 120 cm³/mol. The molecule has 3 atom stereocenters. The third kappa shape index (κ3) is 6.46. The molecule has 2 rings (SSSR count). The Morgan fingerprint density at radius 2 is 1.96 bits per heavy atom. The van der Waals surface area contributed by atoms with Gasteiger partial charge in [0, 0.05) is 50.5 Å². The van der Waals surface area contributed by atoms with E-state index in [9.17, 15) is 5.11 Å². The van der Waals surface area contributed by atoms with Crippen LogP contribution in [0.4, 0.5) is 0 Å². The molecule has 5 N–H and O–H groups in total. The SMILES string of the molecule is COCCCc1cn(C)c2ccc(CC(CC(N)C(O)CN)C(C)C)cc12.Cl. The average molecular weight is 412 g/mol. The first-order chi connectivity index (χ1) is 12.9. The summed E-state index contributed by atoms with van der Waals surface area (Å²) in [5.41, 5.74) is 15.7. The first-order valence-electron chi connectivity index (χ1n) is 10.1. The molecule has 0 bridgehead atoms. The molecule has 0 saturated heterocycles. The van der Waals surface area contributed by atoms with E-state index in [0.29, 0.717) is 11.8 Å². The van der Waals surface area contributed by atoms with Crippen LogP contribution >= 0.6 is 12.4 Å². The highest BCUT2D eigenvalue weighted by molar-refractivity contribution is 5.85. The Labute approximate surface area is 175 Å². The van der Waals surface area contributed by atoms with Crippen LogP contribution in [0.3, 0.4) is 0 Å². The van der Waals surface area contributed by atoms with Gasteiger partial charge >= 0.3 is 0 Å². The van der Waals surface area contributed by atoms with Crippen LogP contribution in [0.25, 0.3) is 10.9 Å². The van der Waals surface area contributed by atoms with Crippen molar-refractivity contribution in [1.29, 1.82) is 0 Å². The maximum atomic E-state index is 9.94. The quantitative estimate of drug-likeness (QED) is 0.496. The first-order valence-corrected chi connectivity index (χ1v) is 10.1. The van der Waals surface area contributed by atoms with Crippen LogP contribution in [0.2, 0.25) is 0 Å². The van der Waals surface area contributed by atoms with Gasteiger partial charge in [0.2, 0.25) is 0 Å². The van der Waals surface area contributed by atoms with E-state index in [2.05, 4.69) is 49.9 Å². The predicted octanol–water partition coefficient (Wildman–Crippen LogP) is 3.03. The number of rotatable bonds is 11. The Bertz CT molecular complexity index is 717. The molecule has 0 aliphatic heterocycles. The normalized spacial score (nSPS) is 14.9. The lowest BCUT2D eigenvalue weighted by Gasteiger charge is -2.26. The lowest BCUT2D eigenvalue weighted by Crippen LogP contribution is -2.42. The molecule has 28 heavy (non-hydrogen) atoms. The van der Waals surface area contributed by atoms with Crippen LogP contribution in [0.1, 0.15) is 37.8 Å². The number of aryl methyl sites for hydroxylation is 2. The molecular formula is C22H38ClN3O2. The summed E-state index contributed by atoms with van der Waals surface area (Å²) in [5, 5.41) is 11.3. The highest BCUT2D eigenvalue weighted by Gasteiger charge is 2.22. The van der Waals surface area contributed by atoms with E-state index < -0.39 is 6.10 Å². The third-order valence-corrected chi connectivity index (χ3v) is 5.68. The Balaban J connectivity index is 0.00000392. The van der Waals surface area contributed by atoms with Crippen molar-refractivity contribution in [3.05, 3.63) is 35.5 Å². The van der Waals surface area contributed by atoms with Crippen molar-refractivity contribution in [1.82, 2.24) is 4.57 Å². The van der Waals surface area contributed by atoms with Crippen molar-refractivity contribution in [3.63, 3.8) is 0 Å². The van der Waals surface area contributed by atoms with Gasteiger partial charge in [-0.15, -0.1) is 12.4 Å². The third-order valence-electron chi connectivity index (χ3n) is 5.68. The fourth-order valence-corrected chi connectivity index (χ4v) is 3.83. The van der Waals surface area contributed by atoms with Crippen LogP contribution < -0.4 is 11.5 Å². The topological polar surface area (TPSA) is 86.4 Å². The first kappa shape index (κ1) is 24.9. The average Bonchev–Trinajstić information content (AvgIpc) is 2.95. The van der Waals surface area contributed by atoms with Crippen molar-refractivity contribution in [2.45, 2.75) is 51.7 Å². The fourth-order valence-electron chi connectivity index (χ4n) is 3.83. The molecule has 0 radical (unpaired) electrons. The lowest BCUT2D eigenvalue weighted by molar-refractivity contribution is 0.133. The minimum atomic E-state index is -0.629. The number of methoxy groups -OCH3 is 1. The Morgan fingerprint density at radius 1 is 1.25 bits per heavy atom. The van der Waals surface area contributed by atoms with Gasteiger partial charge in [0.15, 0.2) is 0 Å². The molecule has 2 aromatic rings. The van der Waals surface area contributed by atoms with Gasteiger partial charge in [0.1, 0.15) is 0 Å². The van der Waals surface area contributed by atoms with Crippen LogP contribution in [-0.2, 0) is 24.6 Å². The number of hydrogen-bond acceptors (Lipinski definition) is 4. The summed E-state index contributed by atoms with van der Waals surface area (Å²) < 4.78 is 7.41. The summed E-state index contributed by atoms with van der Waals surface area (Å²) in [6.45, 7) is 5.45. The number of aromatic nitrogens is 1. The smallest absolute Gasteiger partial charge is 0.0813 e. The zero-order valence-corrected chi connectivity index (χ0v) is 18.5. The summed E-state index contributed by atoms with van der Waals surface area (Å²) in [4.78, 5) is 0. The van der Waals surface area contributed by atoms with Crippen LogP contribution in [0.15, 0.2) is 24.4 Å². The second kappa shape index (κ2) is 11.8. The van der Waals surface area contributed by atoms with Gasteiger partial charge in [-0.2, -0.15) is 0 Å². The van der Waals surface area contributed by atoms with Crippen LogP contribution in [-0.4, -0.2) is 42.1 Å². The van der Waals surface area contributed by atoms with Gasteiger partial charge in [0.25, 0.3) is 0 Å². The van der Waals surface area contributed by atoms with E-state index in [-0.39, 0.29) is 25.0 Å². The van der Waals surface area contributed by atoms with Gasteiger partial charge in [-0.1, -0.05) is 19.9 Å². The minimum Gasteiger partial charge on any atom is -0.390 e. The molecule has 3 unspecified atom stereocenters. The lowest BCUT2D eigenvalue weighted by atomic mass is 9.83. The highest BCUT2D eigenvalue weighted by atomic mass is 35.5. The van der Waals surface area contributed by atoms with E-state index in [1.54, 1.807) is 7.11 Å². The standard InChI is InChI=1S/C22H37N3O2.ClH/c1-15(2)18(12-20(24)22(26)13-23)10-16-7-8-21-19(11-16)17(14-25(21)3)6-5-9-27-4;/h7-8,11,14-15,18,20,22,26H,5-6,9-10,12-13,23-24H2,1-4H3;1H. The van der Waals surface area contributed by atoms with E-state index in [1.807, 2.05) is 0 Å². The van der Waals surface area contributed by atoms with Gasteiger partial charge in [-0.3, -0.25) is 0 Å². The maximum Gasteiger partial charge on any atom is 0.0813 e. The van der Waals surface area contributed by atoms with E-state index in [1.165, 1.54) is 22.0 Å². The number of hydrogen-bond donors (Lipinski definition) is 3. The number of ether oxygens (including phenoxy) is 1. The minimum absolute atomic E-state index is 0.